The predicted molar refractivity (Wildman–Crippen MR) is 63.0 cm³/mol. The first-order valence-corrected chi connectivity index (χ1v) is 4.94. The normalized spacial score (nSPS) is 10.3. The van der Waals surface area contributed by atoms with Crippen LogP contribution in [0.25, 0.3) is 10.8 Å². The van der Waals surface area contributed by atoms with Gasteiger partial charge in [-0.2, -0.15) is 0 Å². The molecule has 0 fully saturated rings. The molecule has 1 amide bonds. The molecule has 0 bridgehead atoms. The van der Waals surface area contributed by atoms with Gasteiger partial charge in [0.1, 0.15) is 0 Å². The maximum absolute atomic E-state index is 11.0. The minimum Gasteiger partial charge on any atom is -0.326 e. The van der Waals surface area contributed by atoms with Crippen LogP contribution >= 0.6 is 0 Å². The Morgan fingerprint density at radius 1 is 1.13 bits per heavy atom. The Balaban J connectivity index is 2.59. The summed E-state index contributed by atoms with van der Waals surface area (Å²) in [6.07, 6.45) is 0. The molecule has 2 heteroatoms. The number of hydrogen-bond donors (Lipinski definition) is 1. The van der Waals surface area contributed by atoms with Gasteiger partial charge in [0.15, 0.2) is 0 Å². The van der Waals surface area contributed by atoms with Gasteiger partial charge in [-0.3, -0.25) is 4.79 Å². The highest BCUT2D eigenvalue weighted by molar-refractivity contribution is 5.96. The third-order valence-corrected chi connectivity index (χ3v) is 2.51. The summed E-state index contributed by atoms with van der Waals surface area (Å²) in [7, 11) is 0. The minimum atomic E-state index is -0.0339. The van der Waals surface area contributed by atoms with Gasteiger partial charge < -0.3 is 5.32 Å². The molecule has 0 aliphatic carbocycles. The lowest BCUT2D eigenvalue weighted by Crippen LogP contribution is -2.07. The molecule has 0 saturated heterocycles. The molecule has 0 spiro atoms. The zero-order chi connectivity index (χ0) is 10.8. The van der Waals surface area contributed by atoms with E-state index in [0.29, 0.717) is 0 Å². The van der Waals surface area contributed by atoms with Gasteiger partial charge in [-0.1, -0.05) is 30.3 Å². The number of carbonyl (C=O) groups is 1. The van der Waals surface area contributed by atoms with E-state index in [1.807, 2.05) is 31.2 Å². The molecule has 0 atom stereocenters. The van der Waals surface area contributed by atoms with Crippen LogP contribution in [0.3, 0.4) is 0 Å². The largest absolute Gasteiger partial charge is 0.326 e. The molecule has 0 saturated carbocycles. The van der Waals surface area contributed by atoms with Crippen LogP contribution in [-0.2, 0) is 4.79 Å². The Morgan fingerprint density at radius 3 is 2.60 bits per heavy atom. The van der Waals surface area contributed by atoms with Crippen LogP contribution in [-0.4, -0.2) is 5.91 Å². The molecule has 0 aliphatic rings. The highest BCUT2D eigenvalue weighted by atomic mass is 16.1. The lowest BCUT2D eigenvalue weighted by molar-refractivity contribution is -0.114. The monoisotopic (exact) mass is 199 g/mol. The number of hydrogen-bond acceptors (Lipinski definition) is 1. The van der Waals surface area contributed by atoms with Gasteiger partial charge in [-0.25, -0.2) is 0 Å². The highest BCUT2D eigenvalue weighted by Crippen LogP contribution is 2.24. The Labute approximate surface area is 88.9 Å². The van der Waals surface area contributed by atoms with Crippen molar-refractivity contribution >= 4 is 22.4 Å². The van der Waals surface area contributed by atoms with E-state index < -0.39 is 0 Å². The number of nitrogens with one attached hydrogen (secondary N) is 1. The van der Waals surface area contributed by atoms with E-state index in [1.165, 1.54) is 17.7 Å². The fourth-order valence-electron chi connectivity index (χ4n) is 1.75. The van der Waals surface area contributed by atoms with Gasteiger partial charge >= 0.3 is 0 Å². The fraction of sp³-hybridized carbons (Fsp3) is 0.154. The molecule has 76 valence electrons. The van der Waals surface area contributed by atoms with Crippen molar-refractivity contribution in [1.29, 1.82) is 0 Å². The van der Waals surface area contributed by atoms with Gasteiger partial charge in [-0.15, -0.1) is 0 Å². The predicted octanol–water partition coefficient (Wildman–Crippen LogP) is 3.11. The third-order valence-electron chi connectivity index (χ3n) is 2.51. The van der Waals surface area contributed by atoms with E-state index >= 15 is 0 Å². The van der Waals surface area contributed by atoms with Crippen LogP contribution in [0.4, 0.5) is 5.69 Å². The summed E-state index contributed by atoms with van der Waals surface area (Å²) in [4.78, 5) is 11.0. The maximum atomic E-state index is 11.0. The number of benzene rings is 2. The standard InChI is InChI=1S/C13H13NO/c1-9-12-6-4-3-5-11(12)7-8-13(9)14-10(2)15/h3-8H,1-2H3,(H,14,15). The summed E-state index contributed by atoms with van der Waals surface area (Å²) in [5.41, 5.74) is 2.00. The molecule has 0 aliphatic heterocycles. The fourth-order valence-corrected chi connectivity index (χ4v) is 1.75. The smallest absolute Gasteiger partial charge is 0.221 e. The molecule has 0 radical (unpaired) electrons. The summed E-state index contributed by atoms with van der Waals surface area (Å²) in [6.45, 7) is 3.54. The topological polar surface area (TPSA) is 29.1 Å². The van der Waals surface area contributed by atoms with E-state index in [9.17, 15) is 4.79 Å². The van der Waals surface area contributed by atoms with E-state index in [2.05, 4.69) is 17.4 Å². The molecule has 1 N–H and O–H groups in total. The zero-order valence-corrected chi connectivity index (χ0v) is 8.87. The molecule has 2 aromatic carbocycles. The van der Waals surface area contributed by atoms with Crippen LogP contribution in [0.5, 0.6) is 0 Å². The quantitative estimate of drug-likeness (QED) is 0.751. The zero-order valence-electron chi connectivity index (χ0n) is 8.87. The second-order valence-corrected chi connectivity index (χ2v) is 3.64. The lowest BCUT2D eigenvalue weighted by atomic mass is 10.0. The van der Waals surface area contributed by atoms with Crippen molar-refractivity contribution in [3.63, 3.8) is 0 Å². The van der Waals surface area contributed by atoms with Crippen LogP contribution in [0.1, 0.15) is 12.5 Å². The van der Waals surface area contributed by atoms with Crippen molar-refractivity contribution in [3.8, 4) is 0 Å². The number of amides is 1. The summed E-state index contributed by atoms with van der Waals surface area (Å²) in [5, 5.41) is 5.21. The van der Waals surface area contributed by atoms with Crippen LogP contribution in [0.2, 0.25) is 0 Å². The Morgan fingerprint density at radius 2 is 1.87 bits per heavy atom. The van der Waals surface area contributed by atoms with Gasteiger partial charge in [0, 0.05) is 12.6 Å². The second-order valence-electron chi connectivity index (χ2n) is 3.64. The number of rotatable bonds is 1. The molecular formula is C13H13NO. The average molecular weight is 199 g/mol. The summed E-state index contributed by atoms with van der Waals surface area (Å²) in [6, 6.07) is 12.1. The number of anilines is 1. The van der Waals surface area contributed by atoms with Gasteiger partial charge in [0.25, 0.3) is 0 Å². The molecule has 2 nitrogen and oxygen atoms in total. The minimum absolute atomic E-state index is 0.0339. The van der Waals surface area contributed by atoms with Crippen molar-refractivity contribution in [3.05, 3.63) is 42.0 Å². The van der Waals surface area contributed by atoms with Crippen LogP contribution < -0.4 is 5.32 Å². The van der Waals surface area contributed by atoms with Gasteiger partial charge in [-0.05, 0) is 29.3 Å². The van der Waals surface area contributed by atoms with E-state index in [1.54, 1.807) is 0 Å². The lowest BCUT2D eigenvalue weighted by Gasteiger charge is -2.09. The third kappa shape index (κ3) is 1.84. The average Bonchev–Trinajstić information content (AvgIpc) is 2.22. The van der Waals surface area contributed by atoms with Crippen molar-refractivity contribution in [1.82, 2.24) is 0 Å². The summed E-state index contributed by atoms with van der Waals surface area (Å²) < 4.78 is 0. The Kier molecular flexibility index (Phi) is 2.42. The van der Waals surface area contributed by atoms with Crippen LogP contribution in [0.15, 0.2) is 36.4 Å². The number of aryl methyl sites for hydroxylation is 1. The van der Waals surface area contributed by atoms with Crippen LogP contribution in [0, 0.1) is 6.92 Å². The number of fused-ring (bicyclic) bond motifs is 1. The van der Waals surface area contributed by atoms with Crippen molar-refractivity contribution in [2.24, 2.45) is 0 Å². The molecule has 15 heavy (non-hydrogen) atoms. The molecule has 0 unspecified atom stereocenters. The maximum Gasteiger partial charge on any atom is 0.221 e. The molecule has 2 rings (SSSR count). The molecular weight excluding hydrogens is 186 g/mol. The Bertz CT molecular complexity index is 517. The van der Waals surface area contributed by atoms with Crippen molar-refractivity contribution in [2.75, 3.05) is 5.32 Å². The first-order chi connectivity index (χ1) is 7.18. The van der Waals surface area contributed by atoms with Gasteiger partial charge in [0.2, 0.25) is 5.91 Å². The van der Waals surface area contributed by atoms with Crippen molar-refractivity contribution in [2.45, 2.75) is 13.8 Å². The molecule has 2 aromatic rings. The van der Waals surface area contributed by atoms with E-state index in [-0.39, 0.29) is 5.91 Å². The first-order valence-electron chi connectivity index (χ1n) is 4.94. The van der Waals surface area contributed by atoms with Gasteiger partial charge in [0.05, 0.1) is 0 Å². The number of carbonyl (C=O) groups excluding carboxylic acids is 1. The van der Waals surface area contributed by atoms with E-state index in [4.69, 9.17) is 0 Å². The SMILES string of the molecule is CC(=O)Nc1ccc2ccccc2c1C. The second kappa shape index (κ2) is 3.73. The highest BCUT2D eigenvalue weighted by Gasteiger charge is 2.03. The summed E-state index contributed by atoms with van der Waals surface area (Å²) >= 11 is 0. The van der Waals surface area contributed by atoms with Crippen molar-refractivity contribution < 1.29 is 4.79 Å². The molecule has 0 heterocycles. The Hall–Kier alpha value is -1.83. The molecule has 0 aromatic heterocycles. The van der Waals surface area contributed by atoms with E-state index in [0.717, 1.165) is 11.3 Å². The first kappa shape index (κ1) is 9.71. The summed E-state index contributed by atoms with van der Waals surface area (Å²) in [5.74, 6) is -0.0339.